The highest BCUT2D eigenvalue weighted by Crippen LogP contribution is 2.33. The molecule has 128 valence electrons. The normalized spacial score (nSPS) is 17.1. The maximum absolute atomic E-state index is 12.4. The molecule has 3 rings (SSSR count). The van der Waals surface area contributed by atoms with E-state index < -0.39 is 0 Å². The zero-order valence-electron chi connectivity index (χ0n) is 14.2. The summed E-state index contributed by atoms with van der Waals surface area (Å²) in [6.07, 6.45) is 2.40. The summed E-state index contributed by atoms with van der Waals surface area (Å²) in [6, 6.07) is 8.06. The lowest BCUT2D eigenvalue weighted by atomic mass is 9.98. The summed E-state index contributed by atoms with van der Waals surface area (Å²) in [5.74, 6) is 2.19. The summed E-state index contributed by atoms with van der Waals surface area (Å²) in [5.41, 5.74) is 2.43. The number of methoxy groups -OCH3 is 2. The fourth-order valence-electron chi connectivity index (χ4n) is 3.17. The van der Waals surface area contributed by atoms with Gasteiger partial charge in [0.2, 0.25) is 5.91 Å². The molecular weight excluding hydrogens is 322 g/mol. The molecule has 0 bridgehead atoms. The van der Waals surface area contributed by atoms with Gasteiger partial charge in [0.1, 0.15) is 11.5 Å². The third-order valence-electron chi connectivity index (χ3n) is 4.59. The largest absolute Gasteiger partial charge is 0.497 e. The first-order valence-electron chi connectivity index (χ1n) is 8.21. The molecule has 1 fully saturated rings. The van der Waals surface area contributed by atoms with Crippen LogP contribution in [0.2, 0.25) is 0 Å². The minimum atomic E-state index is 0.249. The number of aryl methyl sites for hydroxylation is 1. The molecule has 0 saturated carbocycles. The van der Waals surface area contributed by atoms with Gasteiger partial charge in [0, 0.05) is 31.5 Å². The number of carbonyl (C=O) groups excluding carboxylic acids is 1. The molecule has 4 nitrogen and oxygen atoms in total. The van der Waals surface area contributed by atoms with Crippen LogP contribution in [0.15, 0.2) is 35.0 Å². The Labute approximate surface area is 147 Å². The van der Waals surface area contributed by atoms with Crippen LogP contribution in [0.5, 0.6) is 11.5 Å². The number of nitrogens with zero attached hydrogens (tertiary/aromatic N) is 1. The summed E-state index contributed by atoms with van der Waals surface area (Å²) in [5, 5.41) is 4.17. The van der Waals surface area contributed by atoms with Crippen LogP contribution in [0, 0.1) is 0 Å². The van der Waals surface area contributed by atoms with Gasteiger partial charge in [0.25, 0.3) is 0 Å². The predicted octanol–water partition coefficient (Wildman–Crippen LogP) is 3.71. The summed E-state index contributed by atoms with van der Waals surface area (Å²) in [7, 11) is 3.32. The van der Waals surface area contributed by atoms with Crippen LogP contribution in [-0.4, -0.2) is 38.1 Å². The Morgan fingerprint density at radius 3 is 2.62 bits per heavy atom. The monoisotopic (exact) mass is 345 g/mol. The molecule has 0 radical (unpaired) electrons. The molecule has 1 saturated heterocycles. The standard InChI is InChI=1S/C19H23NO3S/c1-22-17-9-16(10-18(11-17)23-2)15-5-7-20(12-15)19(21)4-3-14-6-8-24-13-14/h6,8-11,13,15H,3-5,7,12H2,1-2H3/t15-/m1/s1. The minimum Gasteiger partial charge on any atom is -0.497 e. The van der Waals surface area contributed by atoms with Crippen LogP contribution in [0.1, 0.15) is 29.9 Å². The third-order valence-corrected chi connectivity index (χ3v) is 5.33. The molecule has 1 aliphatic heterocycles. The molecular formula is C19H23NO3S. The highest BCUT2D eigenvalue weighted by Gasteiger charge is 2.27. The number of amides is 1. The van der Waals surface area contributed by atoms with Gasteiger partial charge in [-0.2, -0.15) is 11.3 Å². The maximum atomic E-state index is 12.4. The van der Waals surface area contributed by atoms with Crippen LogP contribution in [0.4, 0.5) is 0 Å². The van der Waals surface area contributed by atoms with Crippen molar-refractivity contribution in [1.82, 2.24) is 4.90 Å². The van der Waals surface area contributed by atoms with E-state index in [2.05, 4.69) is 16.8 Å². The van der Waals surface area contributed by atoms with E-state index in [0.717, 1.165) is 37.4 Å². The number of hydrogen-bond donors (Lipinski definition) is 0. The quantitative estimate of drug-likeness (QED) is 0.801. The molecule has 1 aliphatic rings. The number of rotatable bonds is 6. The van der Waals surface area contributed by atoms with E-state index in [9.17, 15) is 4.79 Å². The van der Waals surface area contributed by atoms with Crippen molar-refractivity contribution in [1.29, 1.82) is 0 Å². The fraction of sp³-hybridized carbons (Fsp3) is 0.421. The van der Waals surface area contributed by atoms with Gasteiger partial charge in [-0.3, -0.25) is 4.79 Å². The minimum absolute atomic E-state index is 0.249. The molecule has 0 aliphatic carbocycles. The number of ether oxygens (including phenoxy) is 2. The van der Waals surface area contributed by atoms with Gasteiger partial charge in [-0.25, -0.2) is 0 Å². The van der Waals surface area contributed by atoms with Gasteiger partial charge in [-0.05, 0) is 52.9 Å². The van der Waals surface area contributed by atoms with Crippen molar-refractivity contribution in [3.63, 3.8) is 0 Å². The lowest BCUT2D eigenvalue weighted by molar-refractivity contribution is -0.130. The zero-order chi connectivity index (χ0) is 16.9. The molecule has 0 unspecified atom stereocenters. The Hall–Kier alpha value is -2.01. The average Bonchev–Trinajstić information content (AvgIpc) is 3.30. The van der Waals surface area contributed by atoms with Crippen molar-refractivity contribution in [3.05, 3.63) is 46.2 Å². The van der Waals surface area contributed by atoms with E-state index >= 15 is 0 Å². The second kappa shape index (κ2) is 7.71. The van der Waals surface area contributed by atoms with Crippen molar-refractivity contribution in [2.45, 2.75) is 25.2 Å². The molecule has 0 N–H and O–H groups in total. The highest BCUT2D eigenvalue weighted by molar-refractivity contribution is 7.07. The van der Waals surface area contributed by atoms with Crippen molar-refractivity contribution in [3.8, 4) is 11.5 Å². The van der Waals surface area contributed by atoms with Crippen LogP contribution < -0.4 is 9.47 Å². The highest BCUT2D eigenvalue weighted by atomic mass is 32.1. The molecule has 1 aromatic carbocycles. The van der Waals surface area contributed by atoms with E-state index in [1.54, 1.807) is 25.6 Å². The van der Waals surface area contributed by atoms with E-state index in [0.29, 0.717) is 12.3 Å². The average molecular weight is 345 g/mol. The lowest BCUT2D eigenvalue weighted by Crippen LogP contribution is -2.28. The molecule has 1 aromatic heterocycles. The first-order valence-corrected chi connectivity index (χ1v) is 9.15. The first-order chi connectivity index (χ1) is 11.7. The van der Waals surface area contributed by atoms with Gasteiger partial charge in [0.15, 0.2) is 0 Å². The zero-order valence-corrected chi connectivity index (χ0v) is 15.0. The molecule has 1 atom stereocenters. The van der Waals surface area contributed by atoms with Crippen LogP contribution in [0.3, 0.4) is 0 Å². The number of hydrogen-bond acceptors (Lipinski definition) is 4. The number of thiophene rings is 1. The second-order valence-electron chi connectivity index (χ2n) is 6.10. The van der Waals surface area contributed by atoms with E-state index in [1.165, 1.54) is 11.1 Å². The number of carbonyl (C=O) groups is 1. The van der Waals surface area contributed by atoms with Gasteiger partial charge in [-0.1, -0.05) is 0 Å². The van der Waals surface area contributed by atoms with Crippen molar-refractivity contribution < 1.29 is 14.3 Å². The fourth-order valence-corrected chi connectivity index (χ4v) is 3.87. The summed E-state index contributed by atoms with van der Waals surface area (Å²) in [4.78, 5) is 14.4. The van der Waals surface area contributed by atoms with Gasteiger partial charge >= 0.3 is 0 Å². The van der Waals surface area contributed by atoms with Crippen LogP contribution >= 0.6 is 11.3 Å². The maximum Gasteiger partial charge on any atom is 0.222 e. The van der Waals surface area contributed by atoms with Crippen molar-refractivity contribution in [2.75, 3.05) is 27.3 Å². The number of likely N-dealkylation sites (tertiary alicyclic amines) is 1. The van der Waals surface area contributed by atoms with Crippen molar-refractivity contribution in [2.24, 2.45) is 0 Å². The smallest absolute Gasteiger partial charge is 0.222 e. The Balaban J connectivity index is 1.61. The Bertz CT molecular complexity index is 662. The Morgan fingerprint density at radius 1 is 1.25 bits per heavy atom. The second-order valence-corrected chi connectivity index (χ2v) is 6.88. The molecule has 5 heteroatoms. The Morgan fingerprint density at radius 2 is 2.00 bits per heavy atom. The molecule has 2 aromatic rings. The predicted molar refractivity (Wildman–Crippen MR) is 96.1 cm³/mol. The van der Waals surface area contributed by atoms with Gasteiger partial charge < -0.3 is 14.4 Å². The van der Waals surface area contributed by atoms with Gasteiger partial charge in [-0.15, -0.1) is 0 Å². The van der Waals surface area contributed by atoms with E-state index in [1.807, 2.05) is 23.1 Å². The topological polar surface area (TPSA) is 38.8 Å². The molecule has 2 heterocycles. The van der Waals surface area contributed by atoms with Crippen LogP contribution in [-0.2, 0) is 11.2 Å². The molecule has 1 amide bonds. The molecule has 24 heavy (non-hydrogen) atoms. The summed E-state index contributed by atoms with van der Waals surface area (Å²) in [6.45, 7) is 1.60. The van der Waals surface area contributed by atoms with Crippen LogP contribution in [0.25, 0.3) is 0 Å². The van der Waals surface area contributed by atoms with E-state index in [-0.39, 0.29) is 5.91 Å². The SMILES string of the molecule is COc1cc(OC)cc([C@@H]2CCN(C(=O)CCc3ccsc3)C2)c1. The molecule has 0 spiro atoms. The number of benzene rings is 1. The van der Waals surface area contributed by atoms with Gasteiger partial charge in [0.05, 0.1) is 14.2 Å². The summed E-state index contributed by atoms with van der Waals surface area (Å²) >= 11 is 1.68. The first kappa shape index (κ1) is 16.8. The Kier molecular flexibility index (Phi) is 5.41. The van der Waals surface area contributed by atoms with Crippen molar-refractivity contribution >= 4 is 17.2 Å². The third kappa shape index (κ3) is 3.90. The van der Waals surface area contributed by atoms with E-state index in [4.69, 9.17) is 9.47 Å². The summed E-state index contributed by atoms with van der Waals surface area (Å²) < 4.78 is 10.7. The lowest BCUT2D eigenvalue weighted by Gasteiger charge is -2.17.